The zero-order valence-electron chi connectivity index (χ0n) is 6.59. The van der Waals surface area contributed by atoms with Crippen LogP contribution in [0.5, 0.6) is 0 Å². The summed E-state index contributed by atoms with van der Waals surface area (Å²) in [7, 11) is 0. The van der Waals surface area contributed by atoms with Crippen molar-refractivity contribution in [1.82, 2.24) is 0 Å². The van der Waals surface area contributed by atoms with E-state index in [1.165, 1.54) is 6.42 Å². The minimum absolute atomic E-state index is 0. The summed E-state index contributed by atoms with van der Waals surface area (Å²) < 4.78 is 5.11. The van der Waals surface area contributed by atoms with Crippen LogP contribution in [0.2, 0.25) is 0 Å². The van der Waals surface area contributed by atoms with Gasteiger partial charge in [0.25, 0.3) is 0 Å². The van der Waals surface area contributed by atoms with Crippen molar-refractivity contribution in [3.8, 4) is 0 Å². The average molecular weight is 174 g/mol. The fraction of sp³-hybridized carbons (Fsp3) is 0.900. The zero-order valence-corrected chi connectivity index (χ0v) is 6.59. The van der Waals surface area contributed by atoms with E-state index in [1.807, 2.05) is 13.8 Å². The normalized spacial score (nSPS) is 15.6. The lowest BCUT2D eigenvalue weighted by Gasteiger charge is -2.25. The van der Waals surface area contributed by atoms with Gasteiger partial charge in [0.1, 0.15) is 6.10 Å². The van der Waals surface area contributed by atoms with Crippen LogP contribution in [-0.4, -0.2) is 12.1 Å². The highest BCUT2D eigenvalue weighted by atomic mass is 16.5. The van der Waals surface area contributed by atoms with Gasteiger partial charge in [-0.2, -0.15) is 0 Å². The summed E-state index contributed by atoms with van der Waals surface area (Å²) in [6.45, 7) is 3.72. The van der Waals surface area contributed by atoms with Crippen LogP contribution in [0.1, 0.15) is 48.0 Å². The molecule has 1 aliphatic rings. The molecule has 74 valence electrons. The SMILES string of the molecule is C.C.CC(C)C(=O)OC1CCC1. The first-order valence-electron chi connectivity index (χ1n) is 3.90. The van der Waals surface area contributed by atoms with E-state index in [-0.39, 0.29) is 32.8 Å². The molecule has 0 atom stereocenters. The van der Waals surface area contributed by atoms with Gasteiger partial charge in [-0.25, -0.2) is 0 Å². The van der Waals surface area contributed by atoms with Crippen molar-refractivity contribution in [3.05, 3.63) is 0 Å². The minimum Gasteiger partial charge on any atom is -0.462 e. The number of carbonyl (C=O) groups is 1. The molecule has 0 radical (unpaired) electrons. The fourth-order valence-electron chi connectivity index (χ4n) is 0.789. The molecule has 1 saturated carbocycles. The van der Waals surface area contributed by atoms with Crippen LogP contribution in [0.25, 0.3) is 0 Å². The van der Waals surface area contributed by atoms with Gasteiger partial charge >= 0.3 is 5.97 Å². The van der Waals surface area contributed by atoms with Gasteiger partial charge in [-0.15, -0.1) is 0 Å². The molecular formula is C10H22O2. The van der Waals surface area contributed by atoms with Crippen LogP contribution in [0.15, 0.2) is 0 Å². The Morgan fingerprint density at radius 2 is 1.83 bits per heavy atom. The lowest BCUT2D eigenvalue weighted by molar-refractivity contribution is -0.156. The van der Waals surface area contributed by atoms with Crippen LogP contribution in [0.3, 0.4) is 0 Å². The molecule has 0 aliphatic heterocycles. The summed E-state index contributed by atoms with van der Waals surface area (Å²) >= 11 is 0. The van der Waals surface area contributed by atoms with Gasteiger partial charge < -0.3 is 4.74 Å². The second-order valence-electron chi connectivity index (χ2n) is 3.14. The van der Waals surface area contributed by atoms with Crippen molar-refractivity contribution in [3.63, 3.8) is 0 Å². The van der Waals surface area contributed by atoms with Gasteiger partial charge in [-0.1, -0.05) is 28.7 Å². The molecule has 1 fully saturated rings. The Kier molecular flexibility index (Phi) is 7.05. The Hall–Kier alpha value is -0.530. The van der Waals surface area contributed by atoms with E-state index < -0.39 is 0 Å². The lowest BCUT2D eigenvalue weighted by Crippen LogP contribution is -2.27. The predicted molar refractivity (Wildman–Crippen MR) is 52.0 cm³/mol. The maximum atomic E-state index is 10.9. The highest BCUT2D eigenvalue weighted by Crippen LogP contribution is 2.22. The molecule has 0 unspecified atom stereocenters. The molecule has 12 heavy (non-hydrogen) atoms. The van der Waals surface area contributed by atoms with E-state index in [2.05, 4.69) is 0 Å². The first-order chi connectivity index (χ1) is 4.70. The van der Waals surface area contributed by atoms with Crippen LogP contribution in [0, 0.1) is 5.92 Å². The Morgan fingerprint density at radius 1 is 1.33 bits per heavy atom. The highest BCUT2D eigenvalue weighted by Gasteiger charge is 2.22. The van der Waals surface area contributed by atoms with Gasteiger partial charge in [0, 0.05) is 0 Å². The predicted octanol–water partition coefficient (Wildman–Crippen LogP) is 3.01. The molecule has 0 aromatic carbocycles. The van der Waals surface area contributed by atoms with E-state index in [0.29, 0.717) is 0 Å². The van der Waals surface area contributed by atoms with Gasteiger partial charge in [-0.3, -0.25) is 4.79 Å². The summed E-state index contributed by atoms with van der Waals surface area (Å²) in [4.78, 5) is 10.9. The summed E-state index contributed by atoms with van der Waals surface area (Å²) in [6.07, 6.45) is 3.60. The molecule has 0 bridgehead atoms. The molecule has 2 heteroatoms. The Bertz CT molecular complexity index is 126. The molecule has 0 saturated heterocycles. The van der Waals surface area contributed by atoms with Gasteiger partial charge in [-0.05, 0) is 19.3 Å². The number of hydrogen-bond donors (Lipinski definition) is 0. The van der Waals surface area contributed by atoms with Crippen LogP contribution in [-0.2, 0) is 9.53 Å². The van der Waals surface area contributed by atoms with Crippen molar-refractivity contribution in [2.75, 3.05) is 0 Å². The molecule has 0 aromatic rings. The topological polar surface area (TPSA) is 26.3 Å². The third-order valence-corrected chi connectivity index (χ3v) is 1.81. The number of rotatable bonds is 2. The van der Waals surface area contributed by atoms with Gasteiger partial charge in [0.05, 0.1) is 5.92 Å². The molecule has 0 amide bonds. The Balaban J connectivity index is 0. The summed E-state index contributed by atoms with van der Waals surface area (Å²) in [6, 6.07) is 0. The Labute approximate surface area is 76.3 Å². The third-order valence-electron chi connectivity index (χ3n) is 1.81. The summed E-state index contributed by atoms with van der Waals surface area (Å²) in [5, 5.41) is 0. The van der Waals surface area contributed by atoms with E-state index >= 15 is 0 Å². The zero-order chi connectivity index (χ0) is 7.56. The van der Waals surface area contributed by atoms with Gasteiger partial charge in [0.2, 0.25) is 0 Å². The monoisotopic (exact) mass is 174 g/mol. The first-order valence-corrected chi connectivity index (χ1v) is 3.90. The molecular weight excluding hydrogens is 152 g/mol. The standard InChI is InChI=1S/C8H14O2.2CH4/c1-6(2)8(9)10-7-4-3-5-7;;/h6-7H,3-5H2,1-2H3;2*1H4. The van der Waals surface area contributed by atoms with Gasteiger partial charge in [0.15, 0.2) is 0 Å². The van der Waals surface area contributed by atoms with Crippen molar-refractivity contribution in [1.29, 1.82) is 0 Å². The van der Waals surface area contributed by atoms with E-state index in [9.17, 15) is 4.79 Å². The molecule has 2 nitrogen and oxygen atoms in total. The largest absolute Gasteiger partial charge is 0.462 e. The van der Waals surface area contributed by atoms with E-state index in [4.69, 9.17) is 4.74 Å². The van der Waals surface area contributed by atoms with Crippen LogP contribution < -0.4 is 0 Å². The highest BCUT2D eigenvalue weighted by molar-refractivity contribution is 5.71. The molecule has 1 rings (SSSR count). The quantitative estimate of drug-likeness (QED) is 0.601. The van der Waals surface area contributed by atoms with Crippen molar-refractivity contribution in [2.45, 2.75) is 54.1 Å². The van der Waals surface area contributed by atoms with Crippen molar-refractivity contribution in [2.24, 2.45) is 5.92 Å². The maximum Gasteiger partial charge on any atom is 0.308 e. The smallest absolute Gasteiger partial charge is 0.308 e. The van der Waals surface area contributed by atoms with Crippen LogP contribution in [0.4, 0.5) is 0 Å². The molecule has 1 aliphatic carbocycles. The van der Waals surface area contributed by atoms with Crippen LogP contribution >= 0.6 is 0 Å². The number of carbonyl (C=O) groups excluding carboxylic acids is 1. The van der Waals surface area contributed by atoms with E-state index in [1.54, 1.807) is 0 Å². The summed E-state index contributed by atoms with van der Waals surface area (Å²) in [5.41, 5.74) is 0. The fourth-order valence-corrected chi connectivity index (χ4v) is 0.789. The summed E-state index contributed by atoms with van der Waals surface area (Å²) in [5.74, 6) is -0.0229. The lowest BCUT2D eigenvalue weighted by atomic mass is 9.96. The second-order valence-corrected chi connectivity index (χ2v) is 3.14. The minimum atomic E-state index is -0.0512. The van der Waals surface area contributed by atoms with Crippen molar-refractivity contribution >= 4 is 5.97 Å². The number of ether oxygens (including phenoxy) is 1. The molecule has 0 N–H and O–H groups in total. The first kappa shape index (κ1) is 14.0. The molecule has 0 spiro atoms. The second kappa shape index (κ2) is 6.04. The Morgan fingerprint density at radius 3 is 2.08 bits per heavy atom. The average Bonchev–Trinajstić information content (AvgIpc) is 1.77. The number of esters is 1. The maximum absolute atomic E-state index is 10.9. The molecule has 0 aromatic heterocycles. The number of hydrogen-bond acceptors (Lipinski definition) is 2. The third kappa shape index (κ3) is 3.74. The van der Waals surface area contributed by atoms with Crippen molar-refractivity contribution < 1.29 is 9.53 Å². The van der Waals surface area contributed by atoms with E-state index in [0.717, 1.165) is 12.8 Å². The molecule has 0 heterocycles.